The van der Waals surface area contributed by atoms with Crippen molar-refractivity contribution in [1.29, 1.82) is 0 Å². The summed E-state index contributed by atoms with van der Waals surface area (Å²) in [6.45, 7) is 0. The summed E-state index contributed by atoms with van der Waals surface area (Å²) in [5, 5.41) is 2.02. The largest absolute Gasteiger partial charge is 0.454 e. The Morgan fingerprint density at radius 3 is 1.60 bits per heavy atom. The van der Waals surface area contributed by atoms with Gasteiger partial charge in [-0.1, -0.05) is 127 Å². The van der Waals surface area contributed by atoms with Gasteiger partial charge in [0.05, 0.1) is 5.52 Å². The first kappa shape index (κ1) is 26.9. The maximum atomic E-state index is 6.49. The number of hydrogen-bond acceptors (Lipinski definition) is 5. The van der Waals surface area contributed by atoms with Gasteiger partial charge in [0.2, 0.25) is 0 Å². The van der Waals surface area contributed by atoms with Crippen LogP contribution in [-0.4, -0.2) is 19.9 Å². The number of pyridine rings is 1. The third-order valence-electron chi connectivity index (χ3n) is 8.51. The second-order valence-corrected chi connectivity index (χ2v) is 11.5. The molecule has 0 aliphatic rings. The Balaban J connectivity index is 1.24. The number of rotatable bonds is 5. The quantitative estimate of drug-likeness (QED) is 0.196. The summed E-state index contributed by atoms with van der Waals surface area (Å²) >= 11 is 0. The van der Waals surface area contributed by atoms with Crippen molar-refractivity contribution >= 4 is 33.0 Å². The normalized spacial score (nSPS) is 11.4. The number of aromatic nitrogens is 4. The third kappa shape index (κ3) is 4.82. The fourth-order valence-electron chi connectivity index (χ4n) is 6.26. The minimum Gasteiger partial charge on any atom is -0.454 e. The first-order chi connectivity index (χ1) is 23.3. The Morgan fingerprint density at radius 2 is 0.872 bits per heavy atom. The molecule has 0 N–H and O–H groups in total. The van der Waals surface area contributed by atoms with Gasteiger partial charge in [-0.05, 0) is 47.0 Å². The van der Waals surface area contributed by atoms with Crippen LogP contribution < -0.4 is 0 Å². The molecular formula is C42H26N4O. The molecule has 0 saturated carbocycles. The van der Waals surface area contributed by atoms with E-state index in [4.69, 9.17) is 24.4 Å². The van der Waals surface area contributed by atoms with Gasteiger partial charge >= 0.3 is 0 Å². The van der Waals surface area contributed by atoms with Crippen LogP contribution in [0.5, 0.6) is 0 Å². The summed E-state index contributed by atoms with van der Waals surface area (Å²) in [7, 11) is 0. The van der Waals surface area contributed by atoms with E-state index in [-0.39, 0.29) is 0 Å². The lowest BCUT2D eigenvalue weighted by Gasteiger charge is -2.11. The van der Waals surface area contributed by atoms with Crippen LogP contribution in [0.4, 0.5) is 0 Å². The topological polar surface area (TPSA) is 64.7 Å². The van der Waals surface area contributed by atoms with Crippen molar-refractivity contribution in [1.82, 2.24) is 19.9 Å². The van der Waals surface area contributed by atoms with E-state index in [0.29, 0.717) is 17.5 Å². The molecule has 47 heavy (non-hydrogen) atoms. The lowest BCUT2D eigenvalue weighted by atomic mass is 9.97. The molecule has 0 fully saturated rings. The Hall–Kier alpha value is -6.46. The van der Waals surface area contributed by atoms with E-state index in [1.165, 1.54) is 0 Å². The van der Waals surface area contributed by atoms with Gasteiger partial charge < -0.3 is 4.42 Å². The molecule has 0 amide bonds. The Kier molecular flexibility index (Phi) is 6.39. The number of fused-ring (bicyclic) bond motifs is 4. The molecule has 9 aromatic rings. The molecule has 0 aliphatic carbocycles. The SMILES string of the molecule is c1ccc(-c2cccc(-c3nc(-c4ccccc4)nc(-c4cccc(-c5c6ccccc6nc6c5oc5ccccc56)c4)n3)c2)cc1. The molecule has 220 valence electrons. The van der Waals surface area contributed by atoms with E-state index in [2.05, 4.69) is 91.0 Å². The van der Waals surface area contributed by atoms with E-state index >= 15 is 0 Å². The molecule has 3 aromatic heterocycles. The van der Waals surface area contributed by atoms with Crippen LogP contribution in [0, 0.1) is 0 Å². The minimum atomic E-state index is 0.597. The van der Waals surface area contributed by atoms with E-state index in [0.717, 1.165) is 71.9 Å². The van der Waals surface area contributed by atoms with Crippen LogP contribution in [0.15, 0.2) is 162 Å². The zero-order valence-electron chi connectivity index (χ0n) is 25.2. The molecule has 5 heteroatoms. The van der Waals surface area contributed by atoms with Crippen LogP contribution in [0.3, 0.4) is 0 Å². The monoisotopic (exact) mass is 602 g/mol. The first-order valence-electron chi connectivity index (χ1n) is 15.6. The molecular weight excluding hydrogens is 576 g/mol. The highest BCUT2D eigenvalue weighted by molar-refractivity contribution is 6.15. The second-order valence-electron chi connectivity index (χ2n) is 11.5. The Morgan fingerprint density at radius 1 is 0.362 bits per heavy atom. The zero-order valence-corrected chi connectivity index (χ0v) is 25.2. The van der Waals surface area contributed by atoms with Gasteiger partial charge in [0.25, 0.3) is 0 Å². The Bertz CT molecular complexity index is 2580. The number of furan rings is 1. The summed E-state index contributed by atoms with van der Waals surface area (Å²) < 4.78 is 6.49. The average molecular weight is 603 g/mol. The first-order valence-corrected chi connectivity index (χ1v) is 15.6. The van der Waals surface area contributed by atoms with E-state index in [9.17, 15) is 0 Å². The summed E-state index contributed by atoms with van der Waals surface area (Å²) in [6, 6.07) is 53.4. The van der Waals surface area contributed by atoms with Crippen molar-refractivity contribution in [2.75, 3.05) is 0 Å². The van der Waals surface area contributed by atoms with Crippen LogP contribution in [0.25, 0.3) is 89.4 Å². The lowest BCUT2D eigenvalue weighted by molar-refractivity contribution is 0.670. The molecule has 0 spiro atoms. The van der Waals surface area contributed by atoms with Crippen LogP contribution in [0.1, 0.15) is 0 Å². The fraction of sp³-hybridized carbons (Fsp3) is 0. The molecule has 5 nitrogen and oxygen atoms in total. The maximum Gasteiger partial charge on any atom is 0.164 e. The molecule has 0 saturated heterocycles. The molecule has 0 bridgehead atoms. The summed E-state index contributed by atoms with van der Waals surface area (Å²) in [5.41, 5.74) is 10.3. The van der Waals surface area contributed by atoms with Gasteiger partial charge in [-0.3, -0.25) is 0 Å². The number of hydrogen-bond donors (Lipinski definition) is 0. The van der Waals surface area contributed by atoms with Crippen LogP contribution >= 0.6 is 0 Å². The highest BCUT2D eigenvalue weighted by Gasteiger charge is 2.19. The van der Waals surface area contributed by atoms with Crippen molar-refractivity contribution in [3.63, 3.8) is 0 Å². The number of nitrogens with zero attached hydrogens (tertiary/aromatic N) is 4. The van der Waals surface area contributed by atoms with Crippen molar-refractivity contribution < 1.29 is 4.42 Å². The van der Waals surface area contributed by atoms with Gasteiger partial charge in [-0.15, -0.1) is 0 Å². The maximum absolute atomic E-state index is 6.49. The number of benzene rings is 6. The zero-order chi connectivity index (χ0) is 31.2. The molecule has 0 radical (unpaired) electrons. The third-order valence-corrected chi connectivity index (χ3v) is 8.51. The van der Waals surface area contributed by atoms with Crippen molar-refractivity contribution in [2.45, 2.75) is 0 Å². The summed E-state index contributed by atoms with van der Waals surface area (Å²) in [5.74, 6) is 1.83. The predicted molar refractivity (Wildman–Crippen MR) is 190 cm³/mol. The molecule has 9 rings (SSSR count). The van der Waals surface area contributed by atoms with Gasteiger partial charge in [-0.25, -0.2) is 19.9 Å². The van der Waals surface area contributed by atoms with E-state index in [1.54, 1.807) is 0 Å². The molecule has 6 aromatic carbocycles. The standard InChI is InChI=1S/C42H26N4O/c1-3-13-27(14-4-1)29-17-11-19-31(25-29)41-44-40(28-15-5-2-6-16-28)45-42(46-41)32-20-12-18-30(26-32)37-33-21-7-9-23-35(33)43-38-34-22-8-10-24-36(34)47-39(37)38/h1-26H. The minimum absolute atomic E-state index is 0.597. The van der Waals surface area contributed by atoms with Crippen molar-refractivity contribution in [3.05, 3.63) is 158 Å². The Labute approximate surface area is 270 Å². The van der Waals surface area contributed by atoms with E-state index < -0.39 is 0 Å². The highest BCUT2D eigenvalue weighted by atomic mass is 16.3. The van der Waals surface area contributed by atoms with Crippen LogP contribution in [0.2, 0.25) is 0 Å². The molecule has 0 unspecified atom stereocenters. The molecule has 3 heterocycles. The molecule has 0 atom stereocenters. The smallest absolute Gasteiger partial charge is 0.164 e. The molecule has 0 aliphatic heterocycles. The van der Waals surface area contributed by atoms with Gasteiger partial charge in [0.15, 0.2) is 23.1 Å². The van der Waals surface area contributed by atoms with Crippen molar-refractivity contribution in [2.24, 2.45) is 0 Å². The fourth-order valence-corrected chi connectivity index (χ4v) is 6.26. The van der Waals surface area contributed by atoms with Gasteiger partial charge in [0, 0.05) is 33.0 Å². The second kappa shape index (κ2) is 11.2. The predicted octanol–water partition coefficient (Wildman–Crippen LogP) is 10.7. The van der Waals surface area contributed by atoms with E-state index in [1.807, 2.05) is 66.7 Å². The van der Waals surface area contributed by atoms with Crippen LogP contribution in [-0.2, 0) is 0 Å². The van der Waals surface area contributed by atoms with Gasteiger partial charge in [0.1, 0.15) is 11.1 Å². The number of para-hydroxylation sites is 2. The van der Waals surface area contributed by atoms with Crippen molar-refractivity contribution in [3.8, 4) is 56.4 Å². The average Bonchev–Trinajstić information content (AvgIpc) is 3.52. The van der Waals surface area contributed by atoms with Gasteiger partial charge in [-0.2, -0.15) is 0 Å². The summed E-state index contributed by atoms with van der Waals surface area (Å²) in [6.07, 6.45) is 0. The lowest BCUT2D eigenvalue weighted by Crippen LogP contribution is -2.00. The summed E-state index contributed by atoms with van der Waals surface area (Å²) in [4.78, 5) is 20.1. The highest BCUT2D eigenvalue weighted by Crippen LogP contribution is 2.40.